The minimum absolute atomic E-state index is 0.129. The summed E-state index contributed by atoms with van der Waals surface area (Å²) in [5, 5.41) is 19.5. The summed E-state index contributed by atoms with van der Waals surface area (Å²) in [5.41, 5.74) is 3.76. The molecule has 0 radical (unpaired) electrons. The van der Waals surface area contributed by atoms with Crippen molar-refractivity contribution in [2.24, 2.45) is 0 Å². The van der Waals surface area contributed by atoms with Crippen molar-refractivity contribution in [3.63, 3.8) is 0 Å². The number of hydrogen-bond donors (Lipinski definition) is 2. The summed E-state index contributed by atoms with van der Waals surface area (Å²) in [6, 6.07) is 5.50. The summed E-state index contributed by atoms with van der Waals surface area (Å²) in [7, 11) is 0. The fraction of sp³-hybridized carbons (Fsp3) is 0.400. The van der Waals surface area contributed by atoms with Crippen LogP contribution >= 0.6 is 0 Å². The number of aromatic carboxylic acids is 1. The first-order valence-corrected chi connectivity index (χ1v) is 6.71. The van der Waals surface area contributed by atoms with Crippen molar-refractivity contribution in [1.29, 1.82) is 0 Å². The van der Waals surface area contributed by atoms with E-state index < -0.39 is 5.97 Å². The summed E-state index contributed by atoms with van der Waals surface area (Å²) in [6.45, 7) is 0.816. The molecule has 0 unspecified atom stereocenters. The number of carboxylic acids is 1. The van der Waals surface area contributed by atoms with Crippen molar-refractivity contribution in [3.05, 3.63) is 35.0 Å². The summed E-state index contributed by atoms with van der Waals surface area (Å²) in [6.07, 6.45) is 3.83. The zero-order valence-electron chi connectivity index (χ0n) is 10.7. The zero-order chi connectivity index (χ0) is 13.4. The number of rotatable bonds is 4. The molecule has 0 bridgehead atoms. The number of benzene rings is 1. The molecular formula is C15H17NO3. The molecule has 100 valence electrons. The first-order valence-electron chi connectivity index (χ1n) is 6.71. The second kappa shape index (κ2) is 4.70. The highest BCUT2D eigenvalue weighted by Crippen LogP contribution is 2.34. The van der Waals surface area contributed by atoms with E-state index in [4.69, 9.17) is 5.11 Å². The number of hydrogen-bond acceptors (Lipinski definition) is 2. The molecule has 1 aromatic carbocycles. The maximum atomic E-state index is 11.4. The van der Waals surface area contributed by atoms with Crippen LogP contribution in [0.25, 0.3) is 10.9 Å². The topological polar surface area (TPSA) is 62.5 Å². The van der Waals surface area contributed by atoms with E-state index in [1.807, 2.05) is 12.1 Å². The van der Waals surface area contributed by atoms with Crippen molar-refractivity contribution in [2.75, 3.05) is 6.61 Å². The Morgan fingerprint density at radius 3 is 2.89 bits per heavy atom. The minimum Gasteiger partial charge on any atom is -0.478 e. The van der Waals surface area contributed by atoms with Gasteiger partial charge in [-0.15, -0.1) is 0 Å². The van der Waals surface area contributed by atoms with E-state index >= 15 is 0 Å². The lowest BCUT2D eigenvalue weighted by Crippen LogP contribution is -2.07. The van der Waals surface area contributed by atoms with Crippen LogP contribution in [0.2, 0.25) is 0 Å². The Morgan fingerprint density at radius 1 is 1.32 bits per heavy atom. The van der Waals surface area contributed by atoms with Crippen LogP contribution in [0.1, 0.15) is 34.5 Å². The first kappa shape index (κ1) is 12.2. The number of carboxylic acid groups (broad SMARTS) is 1. The highest BCUT2D eigenvalue weighted by atomic mass is 16.4. The van der Waals surface area contributed by atoms with Gasteiger partial charge in [0.2, 0.25) is 0 Å². The van der Waals surface area contributed by atoms with E-state index in [0.29, 0.717) is 18.5 Å². The second-order valence-corrected chi connectivity index (χ2v) is 5.01. The molecule has 1 heterocycles. The van der Waals surface area contributed by atoms with E-state index in [-0.39, 0.29) is 6.61 Å². The summed E-state index contributed by atoms with van der Waals surface area (Å²) in [4.78, 5) is 11.4. The van der Waals surface area contributed by atoms with Gasteiger partial charge in [0.25, 0.3) is 0 Å². The van der Waals surface area contributed by atoms with E-state index in [0.717, 1.165) is 30.2 Å². The maximum Gasteiger partial charge on any atom is 0.337 e. The van der Waals surface area contributed by atoms with Gasteiger partial charge in [-0.05, 0) is 37.3 Å². The highest BCUT2D eigenvalue weighted by Gasteiger charge is 2.24. The predicted octanol–water partition coefficient (Wildman–Crippen LogP) is 2.21. The Morgan fingerprint density at radius 2 is 2.16 bits per heavy atom. The van der Waals surface area contributed by atoms with Crippen LogP contribution in [0.3, 0.4) is 0 Å². The largest absolute Gasteiger partial charge is 0.478 e. The fourth-order valence-electron chi connectivity index (χ4n) is 3.18. The first-order chi connectivity index (χ1) is 9.24. The quantitative estimate of drug-likeness (QED) is 0.885. The van der Waals surface area contributed by atoms with Crippen molar-refractivity contribution in [3.8, 4) is 0 Å². The van der Waals surface area contributed by atoms with Crippen LogP contribution in [0.5, 0.6) is 0 Å². The Kier molecular flexibility index (Phi) is 3.03. The number of nitrogens with zero attached hydrogens (tertiary/aromatic N) is 1. The number of aliphatic hydroxyl groups excluding tert-OH is 1. The smallest absolute Gasteiger partial charge is 0.337 e. The molecule has 19 heavy (non-hydrogen) atoms. The van der Waals surface area contributed by atoms with Crippen molar-refractivity contribution in [2.45, 2.75) is 32.2 Å². The van der Waals surface area contributed by atoms with Gasteiger partial charge in [-0.3, -0.25) is 0 Å². The van der Waals surface area contributed by atoms with E-state index in [1.54, 1.807) is 6.07 Å². The molecule has 4 heteroatoms. The van der Waals surface area contributed by atoms with Gasteiger partial charge in [0.1, 0.15) is 0 Å². The van der Waals surface area contributed by atoms with Gasteiger partial charge in [-0.2, -0.15) is 0 Å². The van der Waals surface area contributed by atoms with Gasteiger partial charge in [0.05, 0.1) is 11.1 Å². The molecule has 4 nitrogen and oxygen atoms in total. The standard InChI is InChI=1S/C15H17NO3/c17-9-3-8-16-13-7-2-4-10(13)11-5-1-6-12(14(11)16)15(18)19/h1,5-6,17H,2-4,7-9H2,(H,18,19). The average molecular weight is 259 g/mol. The van der Waals surface area contributed by atoms with Crippen molar-refractivity contribution in [1.82, 2.24) is 4.57 Å². The Hall–Kier alpha value is -1.81. The fourth-order valence-corrected chi connectivity index (χ4v) is 3.18. The lowest BCUT2D eigenvalue weighted by atomic mass is 10.1. The molecule has 1 aromatic heterocycles. The molecule has 0 amide bonds. The SMILES string of the molecule is O=C(O)c1cccc2c3c(n(CCCO)c12)CCC3. The number of aliphatic hydroxyl groups is 1. The third-order valence-corrected chi connectivity index (χ3v) is 3.92. The van der Waals surface area contributed by atoms with Crippen LogP contribution in [-0.2, 0) is 19.4 Å². The molecule has 3 rings (SSSR count). The predicted molar refractivity (Wildman–Crippen MR) is 72.6 cm³/mol. The monoisotopic (exact) mass is 259 g/mol. The van der Waals surface area contributed by atoms with E-state index in [9.17, 15) is 9.90 Å². The van der Waals surface area contributed by atoms with Gasteiger partial charge in [-0.1, -0.05) is 12.1 Å². The number of aromatic nitrogens is 1. The van der Waals surface area contributed by atoms with Crippen LogP contribution in [-0.4, -0.2) is 27.4 Å². The zero-order valence-corrected chi connectivity index (χ0v) is 10.7. The summed E-state index contributed by atoms with van der Waals surface area (Å²) < 4.78 is 2.11. The molecule has 0 saturated heterocycles. The maximum absolute atomic E-state index is 11.4. The molecule has 1 aliphatic rings. The Labute approximate surface area is 111 Å². The number of fused-ring (bicyclic) bond motifs is 3. The van der Waals surface area contributed by atoms with Crippen LogP contribution in [0.4, 0.5) is 0 Å². The second-order valence-electron chi connectivity index (χ2n) is 5.01. The van der Waals surface area contributed by atoms with Gasteiger partial charge >= 0.3 is 5.97 Å². The number of aryl methyl sites for hydroxylation is 2. The van der Waals surface area contributed by atoms with E-state index in [2.05, 4.69) is 4.57 Å². The number of carbonyl (C=O) groups is 1. The molecule has 0 atom stereocenters. The normalized spacial score (nSPS) is 13.9. The average Bonchev–Trinajstić information content (AvgIpc) is 2.97. The molecule has 0 aliphatic heterocycles. The molecule has 0 saturated carbocycles. The Balaban J connectivity index is 2.28. The Bertz CT molecular complexity index is 642. The lowest BCUT2D eigenvalue weighted by molar-refractivity contribution is 0.0698. The van der Waals surface area contributed by atoms with Crippen LogP contribution in [0, 0.1) is 0 Å². The third-order valence-electron chi connectivity index (χ3n) is 3.92. The molecular weight excluding hydrogens is 242 g/mol. The van der Waals surface area contributed by atoms with Crippen LogP contribution in [0.15, 0.2) is 18.2 Å². The van der Waals surface area contributed by atoms with Crippen molar-refractivity contribution >= 4 is 16.9 Å². The summed E-state index contributed by atoms with van der Waals surface area (Å²) >= 11 is 0. The molecule has 2 N–H and O–H groups in total. The number of para-hydroxylation sites is 1. The molecule has 0 fully saturated rings. The van der Waals surface area contributed by atoms with Gasteiger partial charge in [0, 0.05) is 24.2 Å². The van der Waals surface area contributed by atoms with E-state index in [1.165, 1.54) is 11.3 Å². The lowest BCUT2D eigenvalue weighted by Gasteiger charge is -2.10. The van der Waals surface area contributed by atoms with Gasteiger partial charge < -0.3 is 14.8 Å². The van der Waals surface area contributed by atoms with Gasteiger partial charge in [-0.25, -0.2) is 4.79 Å². The molecule has 2 aromatic rings. The van der Waals surface area contributed by atoms with Crippen LogP contribution < -0.4 is 0 Å². The van der Waals surface area contributed by atoms with Gasteiger partial charge in [0.15, 0.2) is 0 Å². The van der Waals surface area contributed by atoms with Crippen molar-refractivity contribution < 1.29 is 15.0 Å². The highest BCUT2D eigenvalue weighted by molar-refractivity contribution is 6.04. The minimum atomic E-state index is -0.882. The molecule has 1 aliphatic carbocycles. The third kappa shape index (κ3) is 1.83. The summed E-state index contributed by atoms with van der Waals surface area (Å²) in [5.74, 6) is -0.882. The molecule has 0 spiro atoms.